The van der Waals surface area contributed by atoms with E-state index in [1.807, 2.05) is 19.2 Å². The van der Waals surface area contributed by atoms with Crippen LogP contribution in [0.3, 0.4) is 0 Å². The summed E-state index contributed by atoms with van der Waals surface area (Å²) in [5.74, 6) is 1.04. The van der Waals surface area contributed by atoms with Gasteiger partial charge in [-0.2, -0.15) is 0 Å². The monoisotopic (exact) mass is 254 g/mol. The second-order valence-corrected chi connectivity index (χ2v) is 6.84. The van der Waals surface area contributed by atoms with Crippen LogP contribution in [-0.2, 0) is 9.84 Å². The van der Waals surface area contributed by atoms with Gasteiger partial charge in [-0.15, -0.1) is 0 Å². The van der Waals surface area contributed by atoms with Crippen molar-refractivity contribution in [3.05, 3.63) is 30.1 Å². The van der Waals surface area contributed by atoms with Gasteiger partial charge < -0.3 is 5.32 Å². The number of pyridine rings is 1. The van der Waals surface area contributed by atoms with E-state index in [0.29, 0.717) is 17.4 Å². The van der Waals surface area contributed by atoms with Gasteiger partial charge in [-0.25, -0.2) is 8.42 Å². The number of rotatable bonds is 3. The van der Waals surface area contributed by atoms with Gasteiger partial charge in [-0.05, 0) is 43.5 Å². The SMILES string of the molecule is CNC(c1ccncc1)C1CCS(=O)(=O)CC1. The molecule has 0 saturated carbocycles. The summed E-state index contributed by atoms with van der Waals surface area (Å²) in [6.45, 7) is 0. The molecule has 1 aliphatic rings. The molecule has 17 heavy (non-hydrogen) atoms. The van der Waals surface area contributed by atoms with Crippen LogP contribution in [0.5, 0.6) is 0 Å². The van der Waals surface area contributed by atoms with Crippen molar-refractivity contribution in [1.82, 2.24) is 10.3 Å². The maximum Gasteiger partial charge on any atom is 0.150 e. The first-order valence-corrected chi connectivity index (χ1v) is 7.72. The molecule has 0 bridgehead atoms. The number of hydrogen-bond acceptors (Lipinski definition) is 4. The van der Waals surface area contributed by atoms with Gasteiger partial charge in [-0.3, -0.25) is 4.98 Å². The van der Waals surface area contributed by atoms with Crippen molar-refractivity contribution in [3.63, 3.8) is 0 Å². The summed E-state index contributed by atoms with van der Waals surface area (Å²) in [6, 6.07) is 4.21. The van der Waals surface area contributed by atoms with Crippen LogP contribution >= 0.6 is 0 Å². The molecule has 94 valence electrons. The van der Waals surface area contributed by atoms with Gasteiger partial charge >= 0.3 is 0 Å². The Bertz CT molecular complexity index is 445. The predicted octanol–water partition coefficient (Wildman–Crippen LogP) is 1.17. The van der Waals surface area contributed by atoms with E-state index in [1.165, 1.54) is 5.56 Å². The average molecular weight is 254 g/mol. The van der Waals surface area contributed by atoms with Crippen LogP contribution in [0, 0.1) is 5.92 Å². The maximum atomic E-state index is 11.4. The fourth-order valence-electron chi connectivity index (χ4n) is 2.49. The number of sulfone groups is 1. The quantitative estimate of drug-likeness (QED) is 0.879. The molecule has 1 N–H and O–H groups in total. The van der Waals surface area contributed by atoms with Crippen LogP contribution in [0.4, 0.5) is 0 Å². The minimum Gasteiger partial charge on any atom is -0.313 e. The maximum absolute atomic E-state index is 11.4. The first-order chi connectivity index (χ1) is 8.12. The van der Waals surface area contributed by atoms with Gasteiger partial charge in [0.2, 0.25) is 0 Å². The third-order valence-corrected chi connectivity index (χ3v) is 5.16. The number of hydrogen-bond donors (Lipinski definition) is 1. The van der Waals surface area contributed by atoms with Crippen molar-refractivity contribution in [3.8, 4) is 0 Å². The molecule has 1 saturated heterocycles. The molecule has 1 unspecified atom stereocenters. The number of aromatic nitrogens is 1. The normalized spacial score (nSPS) is 22.2. The molecule has 5 heteroatoms. The summed E-state index contributed by atoms with van der Waals surface area (Å²) in [4.78, 5) is 4.01. The number of nitrogens with one attached hydrogen (secondary N) is 1. The Hall–Kier alpha value is -0.940. The van der Waals surface area contributed by atoms with Crippen LogP contribution in [0.15, 0.2) is 24.5 Å². The van der Waals surface area contributed by atoms with Gasteiger partial charge in [0.15, 0.2) is 0 Å². The molecule has 2 rings (SSSR count). The zero-order chi connectivity index (χ0) is 12.3. The van der Waals surface area contributed by atoms with E-state index >= 15 is 0 Å². The zero-order valence-electron chi connectivity index (χ0n) is 9.96. The number of nitrogens with zero attached hydrogens (tertiary/aromatic N) is 1. The summed E-state index contributed by atoms with van der Waals surface area (Å²) in [5, 5.41) is 3.29. The lowest BCUT2D eigenvalue weighted by atomic mass is 9.89. The van der Waals surface area contributed by atoms with Crippen molar-refractivity contribution >= 4 is 9.84 Å². The van der Waals surface area contributed by atoms with E-state index in [1.54, 1.807) is 12.4 Å². The Kier molecular flexibility index (Phi) is 3.79. The standard InChI is InChI=1S/C12H18N2O2S/c1-13-12(10-2-6-14-7-3-10)11-4-8-17(15,16)9-5-11/h2-3,6-7,11-13H,4-5,8-9H2,1H3. The fourth-order valence-corrected chi connectivity index (χ4v) is 4.01. The van der Waals surface area contributed by atoms with Crippen LogP contribution in [0.25, 0.3) is 0 Å². The lowest BCUT2D eigenvalue weighted by molar-refractivity contribution is 0.350. The van der Waals surface area contributed by atoms with E-state index in [0.717, 1.165) is 12.8 Å². The van der Waals surface area contributed by atoms with Crippen LogP contribution in [0.2, 0.25) is 0 Å². The Balaban J connectivity index is 2.11. The van der Waals surface area contributed by atoms with Crippen LogP contribution in [-0.4, -0.2) is 32.0 Å². The van der Waals surface area contributed by atoms with E-state index in [-0.39, 0.29) is 6.04 Å². The Morgan fingerprint density at radius 2 is 1.88 bits per heavy atom. The zero-order valence-corrected chi connectivity index (χ0v) is 10.8. The molecule has 1 aromatic heterocycles. The third-order valence-electron chi connectivity index (χ3n) is 3.45. The second-order valence-electron chi connectivity index (χ2n) is 4.54. The molecule has 0 aliphatic carbocycles. The summed E-state index contributed by atoms with van der Waals surface area (Å²) in [7, 11) is -0.855. The largest absolute Gasteiger partial charge is 0.313 e. The van der Waals surface area contributed by atoms with E-state index in [2.05, 4.69) is 10.3 Å². The van der Waals surface area contributed by atoms with Gasteiger partial charge in [0, 0.05) is 18.4 Å². The first kappa shape index (κ1) is 12.5. The Morgan fingerprint density at radius 3 is 2.41 bits per heavy atom. The second kappa shape index (κ2) is 5.14. The lowest BCUT2D eigenvalue weighted by Crippen LogP contribution is -2.32. The minimum absolute atomic E-state index is 0.230. The molecule has 0 amide bonds. The summed E-state index contributed by atoms with van der Waals surface area (Å²) in [6.07, 6.45) is 5.05. The summed E-state index contributed by atoms with van der Waals surface area (Å²) < 4.78 is 22.8. The third kappa shape index (κ3) is 3.04. The average Bonchev–Trinajstić information content (AvgIpc) is 2.33. The highest BCUT2D eigenvalue weighted by atomic mass is 32.2. The van der Waals surface area contributed by atoms with Gasteiger partial charge in [-0.1, -0.05) is 0 Å². The topological polar surface area (TPSA) is 59.1 Å². The van der Waals surface area contributed by atoms with Crippen LogP contribution in [0.1, 0.15) is 24.4 Å². The van der Waals surface area contributed by atoms with Crippen molar-refractivity contribution < 1.29 is 8.42 Å². The van der Waals surface area contributed by atoms with Crippen molar-refractivity contribution in [2.24, 2.45) is 5.92 Å². The fraction of sp³-hybridized carbons (Fsp3) is 0.583. The molecule has 1 aromatic rings. The van der Waals surface area contributed by atoms with Gasteiger partial charge in [0.25, 0.3) is 0 Å². The Morgan fingerprint density at radius 1 is 1.29 bits per heavy atom. The van der Waals surface area contributed by atoms with E-state index in [4.69, 9.17) is 0 Å². The molecular weight excluding hydrogens is 236 g/mol. The summed E-state index contributed by atoms with van der Waals surface area (Å²) >= 11 is 0. The molecule has 2 heterocycles. The molecule has 0 spiro atoms. The van der Waals surface area contributed by atoms with Crippen molar-refractivity contribution in [2.45, 2.75) is 18.9 Å². The van der Waals surface area contributed by atoms with E-state index < -0.39 is 9.84 Å². The van der Waals surface area contributed by atoms with Gasteiger partial charge in [0.05, 0.1) is 11.5 Å². The van der Waals surface area contributed by atoms with Crippen LogP contribution < -0.4 is 5.32 Å². The molecule has 1 atom stereocenters. The minimum atomic E-state index is -2.78. The highest BCUT2D eigenvalue weighted by Gasteiger charge is 2.29. The molecule has 4 nitrogen and oxygen atoms in total. The van der Waals surface area contributed by atoms with Crippen molar-refractivity contribution in [1.29, 1.82) is 0 Å². The predicted molar refractivity (Wildman–Crippen MR) is 67.4 cm³/mol. The molecule has 0 radical (unpaired) electrons. The first-order valence-electron chi connectivity index (χ1n) is 5.90. The lowest BCUT2D eigenvalue weighted by Gasteiger charge is -2.30. The smallest absolute Gasteiger partial charge is 0.150 e. The molecule has 1 fully saturated rings. The van der Waals surface area contributed by atoms with Crippen molar-refractivity contribution in [2.75, 3.05) is 18.6 Å². The highest BCUT2D eigenvalue weighted by molar-refractivity contribution is 7.91. The highest BCUT2D eigenvalue weighted by Crippen LogP contribution is 2.30. The van der Waals surface area contributed by atoms with E-state index in [9.17, 15) is 8.42 Å². The Labute approximate surface area is 102 Å². The molecular formula is C12H18N2O2S. The summed E-state index contributed by atoms with van der Waals surface area (Å²) in [5.41, 5.74) is 1.19. The van der Waals surface area contributed by atoms with Gasteiger partial charge in [0.1, 0.15) is 9.84 Å². The molecule has 0 aromatic carbocycles. The molecule has 1 aliphatic heterocycles.